The van der Waals surface area contributed by atoms with E-state index in [0.29, 0.717) is 6.54 Å². The number of aliphatic hydroxyl groups is 1. The van der Waals surface area contributed by atoms with E-state index in [4.69, 9.17) is 0 Å². The lowest BCUT2D eigenvalue weighted by atomic mass is 10.1. The Labute approximate surface area is 79.4 Å². The molecule has 0 aromatic heterocycles. The molecule has 0 heterocycles. The Hall–Kier alpha value is 0.0100. The van der Waals surface area contributed by atoms with Gasteiger partial charge >= 0.3 is 0 Å². The largest absolute Gasteiger partial charge is 0.388 e. The van der Waals surface area contributed by atoms with Crippen molar-refractivity contribution < 1.29 is 5.11 Å². The minimum atomic E-state index is -0.582. The van der Waals surface area contributed by atoms with Crippen molar-refractivity contribution in [2.75, 3.05) is 25.1 Å². The third kappa shape index (κ3) is 6.70. The summed E-state index contributed by atoms with van der Waals surface area (Å²) in [4.78, 5) is 0. The summed E-state index contributed by atoms with van der Waals surface area (Å²) in [5, 5.41) is 12.9. The second-order valence-electron chi connectivity index (χ2n) is 3.13. The standard InChI is InChI=1S/C9H19NOS/c1-4-5-6-10-7-9(2,11)8-12-3/h4-5,10-11H,6-8H2,1-3H3/b5-4+. The minimum absolute atomic E-state index is 0.582. The lowest BCUT2D eigenvalue weighted by Gasteiger charge is -2.22. The summed E-state index contributed by atoms with van der Waals surface area (Å²) in [6.45, 7) is 5.33. The van der Waals surface area contributed by atoms with Crippen LogP contribution in [0.5, 0.6) is 0 Å². The van der Waals surface area contributed by atoms with Gasteiger partial charge in [0.2, 0.25) is 0 Å². The minimum Gasteiger partial charge on any atom is -0.388 e. The molecule has 1 unspecified atom stereocenters. The zero-order valence-electron chi connectivity index (χ0n) is 8.13. The Bertz CT molecular complexity index is 134. The lowest BCUT2D eigenvalue weighted by molar-refractivity contribution is 0.0861. The van der Waals surface area contributed by atoms with Gasteiger partial charge in [0.05, 0.1) is 5.60 Å². The number of nitrogens with one attached hydrogen (secondary N) is 1. The topological polar surface area (TPSA) is 32.3 Å². The Morgan fingerprint density at radius 1 is 1.58 bits per heavy atom. The highest BCUT2D eigenvalue weighted by Crippen LogP contribution is 2.08. The molecule has 0 saturated heterocycles. The van der Waals surface area contributed by atoms with E-state index < -0.39 is 5.60 Å². The second-order valence-corrected chi connectivity index (χ2v) is 4.00. The summed E-state index contributed by atoms with van der Waals surface area (Å²) in [6, 6.07) is 0. The molecule has 0 rings (SSSR count). The molecule has 0 aliphatic rings. The molecule has 0 saturated carbocycles. The third-order valence-corrected chi connectivity index (χ3v) is 2.37. The van der Waals surface area contributed by atoms with Crippen LogP contribution in [0.4, 0.5) is 0 Å². The van der Waals surface area contributed by atoms with Crippen LogP contribution in [-0.4, -0.2) is 35.8 Å². The normalized spacial score (nSPS) is 16.7. The van der Waals surface area contributed by atoms with Crippen molar-refractivity contribution in [2.24, 2.45) is 0 Å². The van der Waals surface area contributed by atoms with E-state index >= 15 is 0 Å². The van der Waals surface area contributed by atoms with Crippen LogP contribution in [0.2, 0.25) is 0 Å². The maximum Gasteiger partial charge on any atom is 0.0833 e. The van der Waals surface area contributed by atoms with Crippen molar-refractivity contribution in [3.05, 3.63) is 12.2 Å². The molecule has 0 amide bonds. The number of hydrogen-bond donors (Lipinski definition) is 2. The van der Waals surface area contributed by atoms with E-state index in [9.17, 15) is 5.11 Å². The van der Waals surface area contributed by atoms with Crippen LogP contribution in [0, 0.1) is 0 Å². The van der Waals surface area contributed by atoms with Crippen LogP contribution in [0.1, 0.15) is 13.8 Å². The first-order chi connectivity index (χ1) is 5.62. The molecule has 0 spiro atoms. The summed E-state index contributed by atoms with van der Waals surface area (Å²) in [7, 11) is 0. The molecule has 0 fully saturated rings. The van der Waals surface area contributed by atoms with Crippen molar-refractivity contribution in [1.29, 1.82) is 0 Å². The summed E-state index contributed by atoms with van der Waals surface area (Å²) < 4.78 is 0. The van der Waals surface area contributed by atoms with E-state index in [1.54, 1.807) is 11.8 Å². The number of rotatable bonds is 6. The lowest BCUT2D eigenvalue weighted by Crippen LogP contribution is -2.40. The van der Waals surface area contributed by atoms with Crippen molar-refractivity contribution in [2.45, 2.75) is 19.4 Å². The molecule has 0 radical (unpaired) electrons. The van der Waals surface area contributed by atoms with Gasteiger partial charge in [-0.1, -0.05) is 12.2 Å². The summed E-state index contributed by atoms with van der Waals surface area (Å²) >= 11 is 1.66. The van der Waals surface area contributed by atoms with E-state index in [1.165, 1.54) is 0 Å². The predicted octanol–water partition coefficient (Wildman–Crippen LogP) is 1.27. The van der Waals surface area contributed by atoms with Crippen LogP contribution in [-0.2, 0) is 0 Å². The molecule has 0 bridgehead atoms. The average Bonchev–Trinajstić information content (AvgIpc) is 1.98. The maximum absolute atomic E-state index is 9.71. The molecule has 2 N–H and O–H groups in total. The molecule has 72 valence electrons. The molecule has 0 aromatic rings. The van der Waals surface area contributed by atoms with Crippen LogP contribution in [0.3, 0.4) is 0 Å². The first-order valence-electron chi connectivity index (χ1n) is 4.15. The van der Waals surface area contributed by atoms with Gasteiger partial charge in [0.15, 0.2) is 0 Å². The molecule has 2 nitrogen and oxygen atoms in total. The van der Waals surface area contributed by atoms with Gasteiger partial charge in [-0.3, -0.25) is 0 Å². The zero-order chi connectivity index (χ0) is 9.45. The quantitative estimate of drug-likeness (QED) is 0.487. The van der Waals surface area contributed by atoms with Crippen LogP contribution in [0.15, 0.2) is 12.2 Å². The molecule has 3 heteroatoms. The monoisotopic (exact) mass is 189 g/mol. The average molecular weight is 189 g/mol. The zero-order valence-corrected chi connectivity index (χ0v) is 8.95. The smallest absolute Gasteiger partial charge is 0.0833 e. The third-order valence-electron chi connectivity index (χ3n) is 1.46. The van der Waals surface area contributed by atoms with E-state index in [1.807, 2.05) is 32.3 Å². The van der Waals surface area contributed by atoms with Crippen molar-refractivity contribution >= 4 is 11.8 Å². The van der Waals surface area contributed by atoms with Gasteiger partial charge in [0.1, 0.15) is 0 Å². The van der Waals surface area contributed by atoms with Gasteiger partial charge in [-0.15, -0.1) is 0 Å². The molecule has 0 aliphatic carbocycles. The molecule has 1 atom stereocenters. The van der Waals surface area contributed by atoms with Crippen molar-refractivity contribution in [3.63, 3.8) is 0 Å². The second kappa shape index (κ2) is 6.52. The fourth-order valence-electron chi connectivity index (χ4n) is 0.905. The summed E-state index contributed by atoms with van der Waals surface area (Å²) in [5.74, 6) is 0.774. The molecule has 12 heavy (non-hydrogen) atoms. The Morgan fingerprint density at radius 3 is 2.75 bits per heavy atom. The first kappa shape index (κ1) is 12.0. The highest BCUT2D eigenvalue weighted by molar-refractivity contribution is 7.98. The highest BCUT2D eigenvalue weighted by atomic mass is 32.2. The van der Waals surface area contributed by atoms with Gasteiger partial charge in [-0.2, -0.15) is 11.8 Å². The Kier molecular flexibility index (Phi) is 6.52. The van der Waals surface area contributed by atoms with Gasteiger partial charge in [-0.25, -0.2) is 0 Å². The van der Waals surface area contributed by atoms with Gasteiger partial charge in [0, 0.05) is 18.8 Å². The Morgan fingerprint density at radius 2 is 2.25 bits per heavy atom. The van der Waals surface area contributed by atoms with E-state index in [0.717, 1.165) is 12.3 Å². The van der Waals surface area contributed by atoms with Gasteiger partial charge < -0.3 is 10.4 Å². The van der Waals surface area contributed by atoms with Crippen LogP contribution in [0.25, 0.3) is 0 Å². The predicted molar refractivity (Wildman–Crippen MR) is 56.7 cm³/mol. The van der Waals surface area contributed by atoms with E-state index in [2.05, 4.69) is 5.32 Å². The number of allylic oxidation sites excluding steroid dienone is 1. The Balaban J connectivity index is 3.46. The maximum atomic E-state index is 9.71. The number of thioether (sulfide) groups is 1. The fourth-order valence-corrected chi connectivity index (χ4v) is 1.63. The molecular formula is C9H19NOS. The van der Waals surface area contributed by atoms with Crippen molar-refractivity contribution in [1.82, 2.24) is 5.32 Å². The molecule has 0 aliphatic heterocycles. The molecule has 0 aromatic carbocycles. The highest BCUT2D eigenvalue weighted by Gasteiger charge is 2.17. The SMILES string of the molecule is C/C=C/CNCC(C)(O)CSC. The number of hydrogen-bond acceptors (Lipinski definition) is 3. The van der Waals surface area contributed by atoms with Gasteiger partial charge in [0.25, 0.3) is 0 Å². The fraction of sp³-hybridized carbons (Fsp3) is 0.778. The molecular weight excluding hydrogens is 170 g/mol. The van der Waals surface area contributed by atoms with Crippen LogP contribution >= 0.6 is 11.8 Å². The van der Waals surface area contributed by atoms with E-state index in [-0.39, 0.29) is 0 Å². The summed E-state index contributed by atoms with van der Waals surface area (Å²) in [6.07, 6.45) is 6.03. The first-order valence-corrected chi connectivity index (χ1v) is 5.55. The van der Waals surface area contributed by atoms with Gasteiger partial charge in [-0.05, 0) is 20.1 Å². The van der Waals surface area contributed by atoms with Crippen LogP contribution < -0.4 is 5.32 Å². The van der Waals surface area contributed by atoms with Crippen molar-refractivity contribution in [3.8, 4) is 0 Å². The summed E-state index contributed by atoms with van der Waals surface area (Å²) in [5.41, 5.74) is -0.582.